The molecule has 0 heterocycles. The molecule has 0 saturated heterocycles. The van der Waals surface area contributed by atoms with Gasteiger partial charge in [-0.15, -0.1) is 0 Å². The van der Waals surface area contributed by atoms with Crippen molar-refractivity contribution in [1.82, 2.24) is 4.90 Å². The van der Waals surface area contributed by atoms with Gasteiger partial charge in [0.1, 0.15) is 0 Å². The SMILES string of the molecule is CC(C)CC(C)N(C)C(CN)c1cc(F)c(F)c(F)c1. The highest BCUT2D eigenvalue weighted by Crippen LogP contribution is 2.25. The lowest BCUT2D eigenvalue weighted by Gasteiger charge is -2.33. The summed E-state index contributed by atoms with van der Waals surface area (Å²) in [6.45, 7) is 6.47. The lowest BCUT2D eigenvalue weighted by atomic mass is 9.99. The fourth-order valence-corrected chi connectivity index (χ4v) is 2.46. The molecule has 20 heavy (non-hydrogen) atoms. The standard InChI is InChI=1S/C15H23F3N2/c1-9(2)5-10(3)20(4)14(8-19)11-6-12(16)15(18)13(17)7-11/h6-7,9-10,14H,5,8,19H2,1-4H3. The van der Waals surface area contributed by atoms with E-state index in [2.05, 4.69) is 13.8 Å². The van der Waals surface area contributed by atoms with Gasteiger partial charge in [-0.2, -0.15) is 0 Å². The van der Waals surface area contributed by atoms with Gasteiger partial charge in [0.2, 0.25) is 0 Å². The van der Waals surface area contributed by atoms with E-state index >= 15 is 0 Å². The van der Waals surface area contributed by atoms with E-state index in [0.717, 1.165) is 18.6 Å². The highest BCUT2D eigenvalue weighted by molar-refractivity contribution is 5.23. The maximum atomic E-state index is 13.3. The first-order valence-corrected chi connectivity index (χ1v) is 6.84. The van der Waals surface area contributed by atoms with E-state index in [9.17, 15) is 13.2 Å². The van der Waals surface area contributed by atoms with Crippen LogP contribution in [-0.4, -0.2) is 24.5 Å². The molecule has 0 bridgehead atoms. The van der Waals surface area contributed by atoms with Crippen LogP contribution in [0.1, 0.15) is 38.8 Å². The molecule has 1 aromatic carbocycles. The molecule has 1 aromatic rings. The summed E-state index contributed by atoms with van der Waals surface area (Å²) in [6, 6.07) is 1.91. The smallest absolute Gasteiger partial charge is 0.194 e. The second-order valence-corrected chi connectivity index (χ2v) is 5.69. The van der Waals surface area contributed by atoms with Gasteiger partial charge in [0.05, 0.1) is 0 Å². The molecule has 0 radical (unpaired) electrons. The Morgan fingerprint density at radius 3 is 2.00 bits per heavy atom. The Bertz CT molecular complexity index is 426. The van der Waals surface area contributed by atoms with Crippen molar-refractivity contribution >= 4 is 0 Å². The number of benzene rings is 1. The second-order valence-electron chi connectivity index (χ2n) is 5.69. The third kappa shape index (κ3) is 3.96. The highest BCUT2D eigenvalue weighted by atomic mass is 19.2. The molecule has 0 amide bonds. The Morgan fingerprint density at radius 1 is 1.10 bits per heavy atom. The number of hydrogen-bond acceptors (Lipinski definition) is 2. The Kier molecular flexibility index (Phi) is 6.02. The number of rotatable bonds is 6. The summed E-state index contributed by atoms with van der Waals surface area (Å²) in [5, 5.41) is 0. The molecular formula is C15H23F3N2. The number of halogens is 3. The normalized spacial score (nSPS) is 14.9. The quantitative estimate of drug-likeness (QED) is 0.812. The van der Waals surface area contributed by atoms with Crippen LogP contribution in [0.5, 0.6) is 0 Å². The van der Waals surface area contributed by atoms with Gasteiger partial charge in [0.15, 0.2) is 17.5 Å². The summed E-state index contributed by atoms with van der Waals surface area (Å²) in [5.41, 5.74) is 6.10. The van der Waals surface area contributed by atoms with Gasteiger partial charge in [-0.3, -0.25) is 4.90 Å². The minimum absolute atomic E-state index is 0.208. The summed E-state index contributed by atoms with van der Waals surface area (Å²) in [4.78, 5) is 1.98. The van der Waals surface area contributed by atoms with Crippen molar-refractivity contribution in [3.05, 3.63) is 35.1 Å². The molecule has 114 valence electrons. The molecule has 2 unspecified atom stereocenters. The van der Waals surface area contributed by atoms with E-state index < -0.39 is 17.5 Å². The summed E-state index contributed by atoms with van der Waals surface area (Å²) in [5.74, 6) is -3.29. The average Bonchev–Trinajstić information content (AvgIpc) is 2.35. The number of likely N-dealkylation sites (N-methyl/N-ethyl adjacent to an activating group) is 1. The van der Waals surface area contributed by atoms with Crippen LogP contribution >= 0.6 is 0 Å². The predicted molar refractivity (Wildman–Crippen MR) is 74.8 cm³/mol. The zero-order chi connectivity index (χ0) is 15.4. The summed E-state index contributed by atoms with van der Waals surface area (Å²) >= 11 is 0. The van der Waals surface area contributed by atoms with Crippen molar-refractivity contribution in [2.75, 3.05) is 13.6 Å². The van der Waals surface area contributed by atoms with Gasteiger partial charge < -0.3 is 5.73 Å². The van der Waals surface area contributed by atoms with E-state index in [1.807, 2.05) is 18.9 Å². The monoisotopic (exact) mass is 288 g/mol. The molecule has 0 aliphatic carbocycles. The molecule has 0 saturated carbocycles. The minimum Gasteiger partial charge on any atom is -0.329 e. The van der Waals surface area contributed by atoms with Crippen LogP contribution in [0.2, 0.25) is 0 Å². The fraction of sp³-hybridized carbons (Fsp3) is 0.600. The third-order valence-electron chi connectivity index (χ3n) is 3.61. The maximum Gasteiger partial charge on any atom is 0.194 e. The Hall–Kier alpha value is -1.07. The van der Waals surface area contributed by atoms with Crippen LogP contribution in [0.3, 0.4) is 0 Å². The van der Waals surface area contributed by atoms with Crippen molar-refractivity contribution in [3.63, 3.8) is 0 Å². The third-order valence-corrected chi connectivity index (χ3v) is 3.61. The van der Waals surface area contributed by atoms with Crippen molar-refractivity contribution < 1.29 is 13.2 Å². The van der Waals surface area contributed by atoms with Gasteiger partial charge >= 0.3 is 0 Å². The first kappa shape index (κ1) is 17.0. The van der Waals surface area contributed by atoms with Crippen LogP contribution in [0, 0.1) is 23.4 Å². The molecule has 2 nitrogen and oxygen atoms in total. The van der Waals surface area contributed by atoms with Gasteiger partial charge in [0, 0.05) is 18.6 Å². The van der Waals surface area contributed by atoms with Gasteiger partial charge in [0.25, 0.3) is 0 Å². The van der Waals surface area contributed by atoms with Crippen LogP contribution in [0.4, 0.5) is 13.2 Å². The van der Waals surface area contributed by atoms with Crippen molar-refractivity contribution in [1.29, 1.82) is 0 Å². The number of nitrogens with zero attached hydrogens (tertiary/aromatic N) is 1. The van der Waals surface area contributed by atoms with Crippen LogP contribution < -0.4 is 5.73 Å². The molecule has 1 rings (SSSR count). The highest BCUT2D eigenvalue weighted by Gasteiger charge is 2.23. The molecule has 0 aliphatic rings. The van der Waals surface area contributed by atoms with Crippen molar-refractivity contribution in [3.8, 4) is 0 Å². The molecular weight excluding hydrogens is 265 g/mol. The largest absolute Gasteiger partial charge is 0.329 e. The van der Waals surface area contributed by atoms with E-state index in [0.29, 0.717) is 11.5 Å². The van der Waals surface area contributed by atoms with Crippen LogP contribution in [0.25, 0.3) is 0 Å². The predicted octanol–water partition coefficient (Wildman–Crippen LogP) is 3.47. The number of hydrogen-bond donors (Lipinski definition) is 1. The fourth-order valence-electron chi connectivity index (χ4n) is 2.46. The van der Waals surface area contributed by atoms with Gasteiger partial charge in [-0.25, -0.2) is 13.2 Å². The molecule has 5 heteroatoms. The Balaban J connectivity index is 3.01. The Morgan fingerprint density at radius 2 is 1.60 bits per heavy atom. The molecule has 0 spiro atoms. The summed E-state index contributed by atoms with van der Waals surface area (Å²) in [7, 11) is 1.86. The Labute approximate surface area is 118 Å². The summed E-state index contributed by atoms with van der Waals surface area (Å²) in [6.07, 6.45) is 0.944. The zero-order valence-corrected chi connectivity index (χ0v) is 12.5. The lowest BCUT2D eigenvalue weighted by molar-refractivity contribution is 0.168. The molecule has 0 aromatic heterocycles. The maximum absolute atomic E-state index is 13.3. The van der Waals surface area contributed by atoms with E-state index in [1.165, 1.54) is 0 Å². The molecule has 2 atom stereocenters. The van der Waals surface area contributed by atoms with Crippen LogP contribution in [0.15, 0.2) is 12.1 Å². The van der Waals surface area contributed by atoms with Crippen molar-refractivity contribution in [2.24, 2.45) is 11.7 Å². The lowest BCUT2D eigenvalue weighted by Crippen LogP contribution is -2.37. The average molecular weight is 288 g/mol. The molecule has 0 fully saturated rings. The van der Waals surface area contributed by atoms with E-state index in [-0.39, 0.29) is 18.6 Å². The minimum atomic E-state index is -1.44. The van der Waals surface area contributed by atoms with Gasteiger partial charge in [-0.1, -0.05) is 13.8 Å². The molecule has 0 aliphatic heterocycles. The van der Waals surface area contributed by atoms with Crippen molar-refractivity contribution in [2.45, 2.75) is 39.3 Å². The van der Waals surface area contributed by atoms with Crippen LogP contribution in [-0.2, 0) is 0 Å². The van der Waals surface area contributed by atoms with Gasteiger partial charge in [-0.05, 0) is 44.0 Å². The first-order valence-electron chi connectivity index (χ1n) is 6.84. The van der Waals surface area contributed by atoms with E-state index in [1.54, 1.807) is 0 Å². The zero-order valence-electron chi connectivity index (χ0n) is 12.5. The summed E-state index contributed by atoms with van der Waals surface area (Å²) < 4.78 is 39.7. The molecule has 2 N–H and O–H groups in total. The topological polar surface area (TPSA) is 29.3 Å². The first-order chi connectivity index (χ1) is 9.27. The number of nitrogens with two attached hydrogens (primary N) is 1. The second kappa shape index (κ2) is 7.09. The van der Waals surface area contributed by atoms with E-state index in [4.69, 9.17) is 5.73 Å².